The number of hydrogen-bond acceptors (Lipinski definition) is 5. The summed E-state index contributed by atoms with van der Waals surface area (Å²) in [6.45, 7) is 3.35. The van der Waals surface area contributed by atoms with Crippen molar-refractivity contribution >= 4 is 27.6 Å². The van der Waals surface area contributed by atoms with Crippen molar-refractivity contribution in [2.45, 2.75) is 37.2 Å². The number of hydrogen-bond donors (Lipinski definition) is 1. The second-order valence-electron chi connectivity index (χ2n) is 6.76. The number of sulfonamides is 1. The first-order chi connectivity index (χ1) is 13.7. The number of carbonyl (C=O) groups is 2. The van der Waals surface area contributed by atoms with E-state index in [1.165, 1.54) is 39.2 Å². The van der Waals surface area contributed by atoms with E-state index in [9.17, 15) is 18.0 Å². The molecular weight excluding hydrogens is 392 g/mol. The van der Waals surface area contributed by atoms with Gasteiger partial charge in [-0.3, -0.25) is 9.59 Å². The Morgan fingerprint density at radius 1 is 1.07 bits per heavy atom. The molecule has 2 aromatic carbocycles. The van der Waals surface area contributed by atoms with Crippen molar-refractivity contribution in [3.05, 3.63) is 60.2 Å². The van der Waals surface area contributed by atoms with Gasteiger partial charge in [-0.25, -0.2) is 12.7 Å². The highest BCUT2D eigenvalue weighted by Gasteiger charge is 2.25. The van der Waals surface area contributed by atoms with Crippen LogP contribution in [0.15, 0.2) is 59.5 Å². The third-order valence-electron chi connectivity index (χ3n) is 4.44. The molecule has 0 heterocycles. The third kappa shape index (κ3) is 5.65. The summed E-state index contributed by atoms with van der Waals surface area (Å²) in [7, 11) is -0.764. The minimum atomic E-state index is -3.62. The molecule has 2 atom stereocenters. The molecule has 0 aliphatic heterocycles. The number of anilines is 1. The molecule has 156 valence electrons. The van der Waals surface area contributed by atoms with Crippen LogP contribution in [0.1, 0.15) is 31.7 Å². The fourth-order valence-corrected chi connectivity index (χ4v) is 3.67. The van der Waals surface area contributed by atoms with E-state index in [1.807, 2.05) is 37.3 Å². The Bertz CT molecular complexity index is 958. The molecule has 2 aromatic rings. The number of nitrogens with zero attached hydrogens (tertiary/aromatic N) is 1. The first-order valence-electron chi connectivity index (χ1n) is 9.25. The molecule has 0 radical (unpaired) electrons. The molecule has 0 spiro atoms. The molecule has 0 fully saturated rings. The third-order valence-corrected chi connectivity index (χ3v) is 6.25. The summed E-state index contributed by atoms with van der Waals surface area (Å²) in [6.07, 6.45) is -0.490. The number of esters is 1. The van der Waals surface area contributed by atoms with Gasteiger partial charge in [0.2, 0.25) is 10.0 Å². The Kier molecular flexibility index (Phi) is 7.53. The lowest BCUT2D eigenvalue weighted by atomic mass is 9.97. The van der Waals surface area contributed by atoms with E-state index >= 15 is 0 Å². The van der Waals surface area contributed by atoms with Gasteiger partial charge in [-0.2, -0.15) is 0 Å². The number of amides is 1. The molecule has 7 nitrogen and oxygen atoms in total. The van der Waals surface area contributed by atoms with E-state index < -0.39 is 33.9 Å². The summed E-state index contributed by atoms with van der Waals surface area (Å²) in [4.78, 5) is 25.0. The van der Waals surface area contributed by atoms with Gasteiger partial charge in [-0.1, -0.05) is 43.3 Å². The quantitative estimate of drug-likeness (QED) is 0.665. The first-order valence-corrected chi connectivity index (χ1v) is 10.7. The zero-order valence-corrected chi connectivity index (χ0v) is 17.8. The monoisotopic (exact) mass is 418 g/mol. The maximum absolute atomic E-state index is 12.5. The van der Waals surface area contributed by atoms with E-state index in [0.29, 0.717) is 12.1 Å². The molecule has 1 amide bonds. The standard InChI is InChI=1S/C21H26N2O5S/c1-5-19(16-10-7-6-8-11-16)21(25)28-15(2)20(24)22-17-12-9-13-18(14-17)29(26,27)23(3)4/h6-15,19H,5H2,1-4H3,(H,22,24)/t15-,19+/m1/s1. The smallest absolute Gasteiger partial charge is 0.314 e. The number of nitrogens with one attached hydrogen (secondary N) is 1. The van der Waals surface area contributed by atoms with E-state index in [2.05, 4.69) is 5.32 Å². The summed E-state index contributed by atoms with van der Waals surface area (Å²) < 4.78 is 30.9. The van der Waals surface area contributed by atoms with Gasteiger partial charge in [0.1, 0.15) is 0 Å². The molecule has 1 N–H and O–H groups in total. The van der Waals surface area contributed by atoms with E-state index in [0.717, 1.165) is 9.87 Å². The molecule has 0 saturated heterocycles. The number of ether oxygens (including phenoxy) is 1. The number of rotatable bonds is 8. The van der Waals surface area contributed by atoms with Gasteiger partial charge in [0.25, 0.3) is 5.91 Å². The lowest BCUT2D eigenvalue weighted by Crippen LogP contribution is -2.32. The van der Waals surface area contributed by atoms with Crippen LogP contribution in [0.2, 0.25) is 0 Å². The molecule has 0 aromatic heterocycles. The normalized spacial score (nSPS) is 13.6. The van der Waals surface area contributed by atoms with Crippen molar-refractivity contribution in [1.29, 1.82) is 0 Å². The van der Waals surface area contributed by atoms with Crippen LogP contribution in [0.5, 0.6) is 0 Å². The Labute approximate surface area is 171 Å². The SMILES string of the molecule is CC[C@H](C(=O)O[C@H](C)C(=O)Nc1cccc(S(=O)(=O)N(C)C)c1)c1ccccc1. The van der Waals surface area contributed by atoms with Gasteiger partial charge in [0.05, 0.1) is 10.8 Å². The van der Waals surface area contributed by atoms with E-state index in [-0.39, 0.29) is 4.90 Å². The van der Waals surface area contributed by atoms with Crippen LogP contribution in [0.4, 0.5) is 5.69 Å². The maximum atomic E-state index is 12.5. The first kappa shape index (κ1) is 22.6. The van der Waals surface area contributed by atoms with Crippen molar-refractivity contribution in [3.8, 4) is 0 Å². The second kappa shape index (κ2) is 9.67. The summed E-state index contributed by atoms with van der Waals surface area (Å²) in [5.41, 5.74) is 1.13. The molecule has 8 heteroatoms. The van der Waals surface area contributed by atoms with E-state index in [1.54, 1.807) is 6.07 Å². The lowest BCUT2D eigenvalue weighted by molar-refractivity contribution is -0.154. The van der Waals surface area contributed by atoms with Crippen molar-refractivity contribution in [2.75, 3.05) is 19.4 Å². The van der Waals surface area contributed by atoms with Gasteiger partial charge >= 0.3 is 5.97 Å². The van der Waals surface area contributed by atoms with Crippen LogP contribution < -0.4 is 5.32 Å². The molecule has 2 rings (SSSR count). The Hall–Kier alpha value is -2.71. The molecular formula is C21H26N2O5S. The summed E-state index contributed by atoms with van der Waals surface area (Å²) in [5.74, 6) is -1.48. The highest BCUT2D eigenvalue weighted by molar-refractivity contribution is 7.89. The Morgan fingerprint density at radius 2 is 1.72 bits per heavy atom. The van der Waals surface area contributed by atoms with Crippen LogP contribution in [-0.4, -0.2) is 44.8 Å². The minimum Gasteiger partial charge on any atom is -0.452 e. The average Bonchev–Trinajstić information content (AvgIpc) is 2.69. The predicted octanol–water partition coefficient (Wildman–Crippen LogP) is 3.00. The zero-order chi connectivity index (χ0) is 21.6. The van der Waals surface area contributed by atoms with Crippen molar-refractivity contribution in [1.82, 2.24) is 4.31 Å². The van der Waals surface area contributed by atoms with Gasteiger partial charge in [-0.05, 0) is 37.1 Å². The Balaban J connectivity index is 2.07. The summed E-state index contributed by atoms with van der Waals surface area (Å²) in [5, 5.41) is 2.60. The maximum Gasteiger partial charge on any atom is 0.314 e. The van der Waals surface area contributed by atoms with Crippen molar-refractivity contribution in [3.63, 3.8) is 0 Å². The zero-order valence-electron chi connectivity index (χ0n) is 17.0. The van der Waals surface area contributed by atoms with Crippen LogP contribution >= 0.6 is 0 Å². The minimum absolute atomic E-state index is 0.0556. The highest BCUT2D eigenvalue weighted by Crippen LogP contribution is 2.22. The molecule has 0 aliphatic carbocycles. The fourth-order valence-electron chi connectivity index (χ4n) is 2.72. The second-order valence-corrected chi connectivity index (χ2v) is 8.91. The van der Waals surface area contributed by atoms with Crippen LogP contribution in [0.3, 0.4) is 0 Å². The average molecular weight is 419 g/mol. The van der Waals surface area contributed by atoms with Gasteiger partial charge in [0, 0.05) is 19.8 Å². The van der Waals surface area contributed by atoms with Crippen molar-refractivity contribution < 1.29 is 22.7 Å². The van der Waals surface area contributed by atoms with Gasteiger partial charge in [-0.15, -0.1) is 0 Å². The number of carbonyl (C=O) groups excluding carboxylic acids is 2. The highest BCUT2D eigenvalue weighted by atomic mass is 32.2. The molecule has 0 unspecified atom stereocenters. The predicted molar refractivity (Wildman–Crippen MR) is 111 cm³/mol. The summed E-state index contributed by atoms with van der Waals surface area (Å²) in [6, 6.07) is 15.1. The van der Waals surface area contributed by atoms with Crippen molar-refractivity contribution in [2.24, 2.45) is 0 Å². The topological polar surface area (TPSA) is 92.8 Å². The molecule has 0 aliphatic rings. The molecule has 0 bridgehead atoms. The van der Waals surface area contributed by atoms with Gasteiger partial charge in [0.15, 0.2) is 6.10 Å². The van der Waals surface area contributed by atoms with Crippen LogP contribution in [0.25, 0.3) is 0 Å². The van der Waals surface area contributed by atoms with Gasteiger partial charge < -0.3 is 10.1 Å². The summed E-state index contributed by atoms with van der Waals surface area (Å²) >= 11 is 0. The van der Waals surface area contributed by atoms with E-state index in [4.69, 9.17) is 4.74 Å². The van der Waals surface area contributed by atoms with Crippen LogP contribution in [-0.2, 0) is 24.3 Å². The number of benzene rings is 2. The molecule has 29 heavy (non-hydrogen) atoms. The largest absolute Gasteiger partial charge is 0.452 e. The fraction of sp³-hybridized carbons (Fsp3) is 0.333. The lowest BCUT2D eigenvalue weighted by Gasteiger charge is -2.19. The van der Waals surface area contributed by atoms with Crippen LogP contribution in [0, 0.1) is 0 Å². The Morgan fingerprint density at radius 3 is 2.31 bits per heavy atom. The molecule has 0 saturated carbocycles.